The van der Waals surface area contributed by atoms with Crippen LogP contribution in [-0.2, 0) is 18.6 Å². The van der Waals surface area contributed by atoms with E-state index in [2.05, 4.69) is 4.52 Å². The number of methoxy groups -OCH3 is 1. The lowest BCUT2D eigenvalue weighted by atomic mass is 9.99. The van der Waals surface area contributed by atoms with Gasteiger partial charge in [-0.2, -0.15) is 0 Å². The van der Waals surface area contributed by atoms with Gasteiger partial charge in [0.2, 0.25) is 0 Å². The molecule has 0 aromatic heterocycles. The van der Waals surface area contributed by atoms with Crippen LogP contribution >= 0.6 is 8.25 Å². The number of hydrogen-bond acceptors (Lipinski definition) is 7. The SMILES string of the molecule is CO[C@H]1OC(CO[P+](=O)O)[C@@H](O)[C@H](O)C1O. The molecule has 1 aliphatic heterocycles. The van der Waals surface area contributed by atoms with Gasteiger partial charge < -0.3 is 24.8 Å². The van der Waals surface area contributed by atoms with Gasteiger partial charge >= 0.3 is 8.25 Å². The molecular weight excluding hydrogens is 243 g/mol. The van der Waals surface area contributed by atoms with E-state index in [4.69, 9.17) is 14.4 Å². The summed E-state index contributed by atoms with van der Waals surface area (Å²) >= 11 is 0. The molecule has 16 heavy (non-hydrogen) atoms. The second-order valence-electron chi connectivity index (χ2n) is 3.28. The van der Waals surface area contributed by atoms with Crippen molar-refractivity contribution in [2.75, 3.05) is 13.7 Å². The lowest BCUT2D eigenvalue weighted by Crippen LogP contribution is -2.59. The largest absolute Gasteiger partial charge is 0.694 e. The fourth-order valence-electron chi connectivity index (χ4n) is 1.39. The molecule has 94 valence electrons. The minimum absolute atomic E-state index is 0.392. The van der Waals surface area contributed by atoms with E-state index in [1.807, 2.05) is 0 Å². The molecule has 0 aliphatic carbocycles. The van der Waals surface area contributed by atoms with Gasteiger partial charge in [0.15, 0.2) is 6.29 Å². The Kier molecular flexibility index (Phi) is 5.16. The van der Waals surface area contributed by atoms with E-state index in [0.717, 1.165) is 0 Å². The van der Waals surface area contributed by atoms with Crippen LogP contribution < -0.4 is 0 Å². The molecule has 1 saturated heterocycles. The summed E-state index contributed by atoms with van der Waals surface area (Å²) in [6, 6.07) is 0. The van der Waals surface area contributed by atoms with Crippen molar-refractivity contribution >= 4 is 8.25 Å². The standard InChI is InChI=1S/C7H13O8P/c1-13-7-6(10)5(9)4(8)3(15-7)2-14-16(11)12/h3-10H,2H2,1H3/p+1/t3?,4-,5+,6?,7+/m1/s1. The first-order chi connectivity index (χ1) is 7.47. The summed E-state index contributed by atoms with van der Waals surface area (Å²) in [5.74, 6) is 0. The van der Waals surface area contributed by atoms with Crippen molar-refractivity contribution in [2.24, 2.45) is 0 Å². The molecule has 1 rings (SSSR count). The van der Waals surface area contributed by atoms with Crippen molar-refractivity contribution in [3.8, 4) is 0 Å². The summed E-state index contributed by atoms with van der Waals surface area (Å²) in [5, 5.41) is 28.3. The third-order valence-electron chi connectivity index (χ3n) is 2.25. The highest BCUT2D eigenvalue weighted by Crippen LogP contribution is 2.24. The van der Waals surface area contributed by atoms with Crippen molar-refractivity contribution in [3.05, 3.63) is 0 Å². The maximum absolute atomic E-state index is 10.3. The average molecular weight is 257 g/mol. The maximum Gasteiger partial charge on any atom is 0.694 e. The second kappa shape index (κ2) is 5.95. The highest BCUT2D eigenvalue weighted by Gasteiger charge is 2.44. The highest BCUT2D eigenvalue weighted by molar-refractivity contribution is 7.32. The number of hydrogen-bond donors (Lipinski definition) is 4. The molecule has 0 aromatic carbocycles. The van der Waals surface area contributed by atoms with E-state index in [1.54, 1.807) is 0 Å². The maximum atomic E-state index is 10.3. The number of rotatable bonds is 4. The predicted molar refractivity (Wildman–Crippen MR) is 49.5 cm³/mol. The van der Waals surface area contributed by atoms with Crippen LogP contribution in [0.1, 0.15) is 0 Å². The smallest absolute Gasteiger partial charge is 0.387 e. The predicted octanol–water partition coefficient (Wildman–Crippen LogP) is -1.89. The first-order valence-corrected chi connectivity index (χ1v) is 5.62. The molecule has 1 aliphatic rings. The van der Waals surface area contributed by atoms with Crippen molar-refractivity contribution in [1.29, 1.82) is 0 Å². The summed E-state index contributed by atoms with van der Waals surface area (Å²) in [6.45, 7) is -0.392. The van der Waals surface area contributed by atoms with Crippen LogP contribution in [0.3, 0.4) is 0 Å². The second-order valence-corrected chi connectivity index (χ2v) is 4.02. The lowest BCUT2D eigenvalue weighted by molar-refractivity contribution is -0.293. The molecule has 3 unspecified atom stereocenters. The number of ether oxygens (including phenoxy) is 2. The fraction of sp³-hybridized carbons (Fsp3) is 1.00. The Morgan fingerprint density at radius 1 is 1.25 bits per heavy atom. The van der Waals surface area contributed by atoms with Gasteiger partial charge in [-0.05, 0) is 0 Å². The Balaban J connectivity index is 2.60. The van der Waals surface area contributed by atoms with Crippen molar-refractivity contribution < 1.29 is 38.8 Å². The minimum atomic E-state index is -2.81. The van der Waals surface area contributed by atoms with Crippen LogP contribution in [0.25, 0.3) is 0 Å². The van der Waals surface area contributed by atoms with Gasteiger partial charge in [-0.3, -0.25) is 0 Å². The van der Waals surface area contributed by atoms with Gasteiger partial charge in [-0.1, -0.05) is 0 Å². The van der Waals surface area contributed by atoms with Gasteiger partial charge in [0, 0.05) is 11.7 Å². The molecule has 0 bridgehead atoms. The molecule has 0 saturated carbocycles. The van der Waals surface area contributed by atoms with Crippen LogP contribution in [-0.4, -0.2) is 64.6 Å². The minimum Gasteiger partial charge on any atom is -0.387 e. The summed E-state index contributed by atoms with van der Waals surface area (Å²) in [6.07, 6.45) is -6.45. The normalized spacial score (nSPS) is 40.8. The Bertz CT molecular complexity index is 247. The number of aliphatic hydroxyl groups excluding tert-OH is 3. The average Bonchev–Trinajstić information content (AvgIpc) is 2.25. The molecule has 1 heterocycles. The quantitative estimate of drug-likeness (QED) is 0.430. The van der Waals surface area contributed by atoms with Crippen LogP contribution in [0.5, 0.6) is 0 Å². The topological polar surface area (TPSA) is 126 Å². The van der Waals surface area contributed by atoms with Gasteiger partial charge in [-0.25, -0.2) is 0 Å². The fourth-order valence-corrected chi connectivity index (χ4v) is 1.66. The zero-order chi connectivity index (χ0) is 12.3. The first kappa shape index (κ1) is 13.9. The molecule has 0 aromatic rings. The van der Waals surface area contributed by atoms with Crippen LogP contribution in [0.2, 0.25) is 0 Å². The monoisotopic (exact) mass is 257 g/mol. The highest BCUT2D eigenvalue weighted by atomic mass is 31.1. The third kappa shape index (κ3) is 3.16. The number of aliphatic hydroxyl groups is 3. The molecule has 4 N–H and O–H groups in total. The van der Waals surface area contributed by atoms with E-state index in [-0.39, 0.29) is 0 Å². The Hall–Kier alpha value is -0.180. The molecular formula is C7H14O8P+. The molecule has 0 radical (unpaired) electrons. The Morgan fingerprint density at radius 3 is 2.38 bits per heavy atom. The summed E-state index contributed by atoms with van der Waals surface area (Å²) in [7, 11) is -1.56. The van der Waals surface area contributed by atoms with Crippen molar-refractivity contribution in [2.45, 2.75) is 30.7 Å². The van der Waals surface area contributed by atoms with Gasteiger partial charge in [-0.15, -0.1) is 9.42 Å². The van der Waals surface area contributed by atoms with Crippen LogP contribution in [0, 0.1) is 0 Å². The molecule has 9 heteroatoms. The van der Waals surface area contributed by atoms with E-state index in [1.165, 1.54) is 7.11 Å². The van der Waals surface area contributed by atoms with E-state index < -0.39 is 45.6 Å². The van der Waals surface area contributed by atoms with Crippen molar-refractivity contribution in [1.82, 2.24) is 0 Å². The summed E-state index contributed by atoms with van der Waals surface area (Å²) in [5.41, 5.74) is 0. The molecule has 6 atom stereocenters. The Labute approximate surface area is 92.3 Å². The summed E-state index contributed by atoms with van der Waals surface area (Å²) < 4.78 is 24.4. The molecule has 0 amide bonds. The van der Waals surface area contributed by atoms with E-state index in [0.29, 0.717) is 0 Å². The zero-order valence-electron chi connectivity index (χ0n) is 8.46. The zero-order valence-corrected chi connectivity index (χ0v) is 9.36. The Morgan fingerprint density at radius 2 is 1.88 bits per heavy atom. The van der Waals surface area contributed by atoms with E-state index in [9.17, 15) is 19.9 Å². The lowest BCUT2D eigenvalue weighted by Gasteiger charge is -2.38. The molecule has 8 nitrogen and oxygen atoms in total. The van der Waals surface area contributed by atoms with Gasteiger partial charge in [0.05, 0.1) is 0 Å². The molecule has 1 fully saturated rings. The third-order valence-corrected chi connectivity index (χ3v) is 2.62. The van der Waals surface area contributed by atoms with Gasteiger partial charge in [0.1, 0.15) is 31.0 Å². The van der Waals surface area contributed by atoms with Gasteiger partial charge in [0.25, 0.3) is 0 Å². The van der Waals surface area contributed by atoms with Crippen molar-refractivity contribution in [3.63, 3.8) is 0 Å². The van der Waals surface area contributed by atoms with Crippen LogP contribution in [0.4, 0.5) is 0 Å². The first-order valence-electron chi connectivity index (χ1n) is 4.49. The van der Waals surface area contributed by atoms with E-state index >= 15 is 0 Å². The molecule has 0 spiro atoms. The summed E-state index contributed by atoms with van der Waals surface area (Å²) in [4.78, 5) is 8.42. The van der Waals surface area contributed by atoms with Crippen LogP contribution in [0.15, 0.2) is 0 Å².